The third kappa shape index (κ3) is 3.16. The highest BCUT2D eigenvalue weighted by Gasteiger charge is 2.25. The standard InChI is InChI=1S/C8H4Br2N2O5S2/c9-5-2-11-8(18-5)12-19(15,16)4-1-3(7(13)14)17-6(4)10/h1-2H,(H,11,12)(H,13,14). The lowest BCUT2D eigenvalue weighted by molar-refractivity contribution is 0.0661. The molecule has 7 nitrogen and oxygen atoms in total. The van der Waals surface area contributed by atoms with Crippen LogP contribution >= 0.6 is 43.2 Å². The fraction of sp³-hybridized carbons (Fsp3) is 0. The molecule has 2 N–H and O–H groups in total. The van der Waals surface area contributed by atoms with Crippen molar-refractivity contribution in [3.8, 4) is 0 Å². The summed E-state index contributed by atoms with van der Waals surface area (Å²) in [7, 11) is -3.97. The molecule has 0 aliphatic heterocycles. The zero-order chi connectivity index (χ0) is 14.2. The van der Waals surface area contributed by atoms with Crippen LogP contribution in [0.5, 0.6) is 0 Å². The van der Waals surface area contributed by atoms with Crippen LogP contribution in [0.2, 0.25) is 0 Å². The molecule has 0 spiro atoms. The van der Waals surface area contributed by atoms with Gasteiger partial charge in [0.1, 0.15) is 4.90 Å². The number of thiazole rings is 1. The van der Waals surface area contributed by atoms with E-state index in [-0.39, 0.29) is 14.7 Å². The van der Waals surface area contributed by atoms with Gasteiger partial charge in [0.05, 0.1) is 9.98 Å². The van der Waals surface area contributed by atoms with Crippen molar-refractivity contribution in [2.24, 2.45) is 0 Å². The lowest BCUT2D eigenvalue weighted by atomic mass is 10.5. The van der Waals surface area contributed by atoms with E-state index in [4.69, 9.17) is 9.52 Å². The number of nitrogens with one attached hydrogen (secondary N) is 1. The second-order valence-corrected chi connectivity index (χ2v) is 7.91. The second kappa shape index (κ2) is 5.23. The highest BCUT2D eigenvalue weighted by molar-refractivity contribution is 9.11. The molecule has 102 valence electrons. The van der Waals surface area contributed by atoms with E-state index in [1.807, 2.05) is 0 Å². The average molecular weight is 432 g/mol. The van der Waals surface area contributed by atoms with Gasteiger partial charge in [-0.2, -0.15) is 0 Å². The number of carbonyl (C=O) groups is 1. The van der Waals surface area contributed by atoms with Crippen molar-refractivity contribution in [1.82, 2.24) is 4.98 Å². The van der Waals surface area contributed by atoms with E-state index in [0.717, 1.165) is 17.4 Å². The minimum atomic E-state index is -3.97. The number of carboxylic acids is 1. The molecule has 11 heteroatoms. The number of halogens is 2. The molecule has 2 heterocycles. The van der Waals surface area contributed by atoms with Crippen LogP contribution in [0.3, 0.4) is 0 Å². The number of aromatic nitrogens is 1. The number of sulfonamides is 1. The Hall–Kier alpha value is -0.910. The van der Waals surface area contributed by atoms with Crippen LogP contribution in [0.1, 0.15) is 10.6 Å². The maximum absolute atomic E-state index is 12.0. The highest BCUT2D eigenvalue weighted by Crippen LogP contribution is 2.30. The number of furan rings is 1. The number of rotatable bonds is 4. The predicted molar refractivity (Wildman–Crippen MR) is 74.0 cm³/mol. The molecule has 0 fully saturated rings. The molecule has 2 aromatic heterocycles. The molecular weight excluding hydrogens is 428 g/mol. The van der Waals surface area contributed by atoms with E-state index in [1.165, 1.54) is 6.20 Å². The lowest BCUT2D eigenvalue weighted by Gasteiger charge is -2.01. The Bertz CT molecular complexity index is 736. The topological polar surface area (TPSA) is 110 Å². The molecule has 0 aromatic carbocycles. The molecule has 0 unspecified atom stereocenters. The summed E-state index contributed by atoms with van der Waals surface area (Å²) in [6, 6.07) is 0.914. The van der Waals surface area contributed by atoms with E-state index in [2.05, 4.69) is 41.6 Å². The molecule has 0 amide bonds. The molecular formula is C8H4Br2N2O5S2. The molecule has 0 saturated heterocycles. The van der Waals surface area contributed by atoms with Crippen molar-refractivity contribution >= 4 is 64.3 Å². The van der Waals surface area contributed by atoms with E-state index >= 15 is 0 Å². The molecule has 2 rings (SSSR count). The Morgan fingerprint density at radius 3 is 2.63 bits per heavy atom. The van der Waals surface area contributed by atoms with Crippen LogP contribution in [-0.4, -0.2) is 24.5 Å². The zero-order valence-corrected chi connectivity index (χ0v) is 13.6. The summed E-state index contributed by atoms with van der Waals surface area (Å²) in [4.78, 5) is 14.2. The van der Waals surface area contributed by atoms with Gasteiger partial charge in [0.25, 0.3) is 10.0 Å². The number of hydrogen-bond donors (Lipinski definition) is 2. The van der Waals surface area contributed by atoms with Gasteiger partial charge in [-0.25, -0.2) is 18.2 Å². The van der Waals surface area contributed by atoms with Gasteiger partial charge in [-0.15, -0.1) is 0 Å². The van der Waals surface area contributed by atoms with Crippen molar-refractivity contribution in [2.45, 2.75) is 4.90 Å². The first-order valence-corrected chi connectivity index (χ1v) is 8.35. The first kappa shape index (κ1) is 14.5. The number of carboxylic acid groups (broad SMARTS) is 1. The SMILES string of the molecule is O=C(O)c1cc(S(=O)(=O)Nc2ncc(Br)s2)c(Br)o1. The summed E-state index contributed by atoms with van der Waals surface area (Å²) in [6.07, 6.45) is 1.44. The maximum Gasteiger partial charge on any atom is 0.371 e. The summed E-state index contributed by atoms with van der Waals surface area (Å²) in [6.45, 7) is 0. The predicted octanol–water partition coefficient (Wildman–Crippen LogP) is 2.76. The Morgan fingerprint density at radius 1 is 1.47 bits per heavy atom. The Morgan fingerprint density at radius 2 is 2.16 bits per heavy atom. The summed E-state index contributed by atoms with van der Waals surface area (Å²) < 4.78 is 31.5. The van der Waals surface area contributed by atoms with E-state index in [9.17, 15) is 13.2 Å². The average Bonchev–Trinajstić information content (AvgIpc) is 2.85. The highest BCUT2D eigenvalue weighted by atomic mass is 79.9. The zero-order valence-electron chi connectivity index (χ0n) is 8.75. The van der Waals surface area contributed by atoms with Gasteiger partial charge in [-0.05, 0) is 31.9 Å². The fourth-order valence-electron chi connectivity index (χ4n) is 1.11. The third-order valence-electron chi connectivity index (χ3n) is 1.85. The molecule has 19 heavy (non-hydrogen) atoms. The minimum absolute atomic E-state index is 0.150. The molecule has 0 atom stereocenters. The van der Waals surface area contributed by atoms with Gasteiger partial charge in [-0.1, -0.05) is 11.3 Å². The molecule has 0 aliphatic rings. The monoisotopic (exact) mass is 430 g/mol. The van der Waals surface area contributed by atoms with Gasteiger partial charge in [0.2, 0.25) is 5.76 Å². The smallest absolute Gasteiger partial charge is 0.371 e. The largest absolute Gasteiger partial charge is 0.475 e. The van der Waals surface area contributed by atoms with Gasteiger partial charge in [0, 0.05) is 6.07 Å². The molecule has 2 aromatic rings. The molecule has 0 saturated carbocycles. The number of nitrogens with zero attached hydrogens (tertiary/aromatic N) is 1. The van der Waals surface area contributed by atoms with Crippen molar-refractivity contribution < 1.29 is 22.7 Å². The Kier molecular flexibility index (Phi) is 3.99. The van der Waals surface area contributed by atoms with Gasteiger partial charge in [0.15, 0.2) is 9.80 Å². The van der Waals surface area contributed by atoms with Gasteiger partial charge >= 0.3 is 5.97 Å². The van der Waals surface area contributed by atoms with Crippen LogP contribution in [0.25, 0.3) is 0 Å². The van der Waals surface area contributed by atoms with Crippen molar-refractivity contribution in [3.05, 3.63) is 26.5 Å². The first-order chi connectivity index (χ1) is 8.79. The minimum Gasteiger partial charge on any atom is -0.475 e. The first-order valence-electron chi connectivity index (χ1n) is 4.46. The van der Waals surface area contributed by atoms with E-state index in [1.54, 1.807) is 0 Å². The normalized spacial score (nSPS) is 11.5. The van der Waals surface area contributed by atoms with E-state index in [0.29, 0.717) is 3.79 Å². The van der Waals surface area contributed by atoms with Crippen LogP contribution in [0.15, 0.2) is 30.0 Å². The van der Waals surface area contributed by atoms with Crippen LogP contribution in [0.4, 0.5) is 5.13 Å². The fourth-order valence-corrected chi connectivity index (χ4v) is 4.40. The van der Waals surface area contributed by atoms with Gasteiger partial charge < -0.3 is 9.52 Å². The van der Waals surface area contributed by atoms with Crippen molar-refractivity contribution in [2.75, 3.05) is 4.72 Å². The Balaban J connectivity index is 2.37. The van der Waals surface area contributed by atoms with Crippen LogP contribution in [0, 0.1) is 0 Å². The summed E-state index contributed by atoms with van der Waals surface area (Å²) in [5.41, 5.74) is 0. The number of aromatic carboxylic acids is 1. The number of anilines is 1. The summed E-state index contributed by atoms with van der Waals surface area (Å²) in [5, 5.41) is 8.88. The summed E-state index contributed by atoms with van der Waals surface area (Å²) >= 11 is 7.09. The quantitative estimate of drug-likeness (QED) is 0.770. The number of hydrogen-bond acceptors (Lipinski definition) is 6. The third-order valence-corrected chi connectivity index (χ3v) is 5.57. The molecule has 0 radical (unpaired) electrons. The second-order valence-electron chi connectivity index (χ2n) is 3.13. The Labute approximate surface area is 128 Å². The van der Waals surface area contributed by atoms with Gasteiger partial charge in [-0.3, -0.25) is 4.72 Å². The van der Waals surface area contributed by atoms with Crippen LogP contribution in [-0.2, 0) is 10.0 Å². The summed E-state index contributed by atoms with van der Waals surface area (Å²) in [5.74, 6) is -1.84. The van der Waals surface area contributed by atoms with E-state index < -0.39 is 21.8 Å². The van der Waals surface area contributed by atoms with Crippen LogP contribution < -0.4 is 4.72 Å². The lowest BCUT2D eigenvalue weighted by Crippen LogP contribution is -2.12. The molecule has 0 aliphatic carbocycles. The van der Waals surface area contributed by atoms with Crippen molar-refractivity contribution in [1.29, 1.82) is 0 Å². The maximum atomic E-state index is 12.0. The molecule has 0 bridgehead atoms. The van der Waals surface area contributed by atoms with Crippen molar-refractivity contribution in [3.63, 3.8) is 0 Å².